The molecule has 1 heterocycles. The van der Waals surface area contributed by atoms with Crippen molar-refractivity contribution >= 4 is 16.8 Å². The van der Waals surface area contributed by atoms with Crippen LogP contribution in [-0.2, 0) is 6.42 Å². The van der Waals surface area contributed by atoms with Crippen LogP contribution in [0.1, 0.15) is 48.7 Å². The number of para-hydroxylation sites is 1. The summed E-state index contributed by atoms with van der Waals surface area (Å²) in [6.07, 6.45) is 2.78. The maximum absolute atomic E-state index is 13.9. The zero-order valence-corrected chi connectivity index (χ0v) is 16.9. The molecule has 5 heteroatoms. The van der Waals surface area contributed by atoms with Gasteiger partial charge in [-0.1, -0.05) is 38.1 Å². The number of carbonyl (C=O) groups is 1. The second-order valence-corrected chi connectivity index (χ2v) is 8.14. The molecule has 1 amide bonds. The standard InChI is InChI=1S/C24H24FN3O/c1-16(2)12-24(3,13-17-6-4-7-18(10-17)14-26)28-23(29)20-11-19-8-5-9-21(25)22(19)27-15-20/h4-11,15-16H,12-13H2,1-3H3,(H,28,29). The Morgan fingerprint density at radius 2 is 2.00 bits per heavy atom. The van der Waals surface area contributed by atoms with Crippen molar-refractivity contribution in [2.75, 3.05) is 0 Å². The van der Waals surface area contributed by atoms with Gasteiger partial charge >= 0.3 is 0 Å². The topological polar surface area (TPSA) is 65.8 Å². The number of rotatable bonds is 6. The highest BCUT2D eigenvalue weighted by Gasteiger charge is 2.28. The van der Waals surface area contributed by atoms with Crippen LogP contribution in [0.3, 0.4) is 0 Å². The van der Waals surface area contributed by atoms with Crippen molar-refractivity contribution in [3.05, 3.63) is 77.2 Å². The van der Waals surface area contributed by atoms with E-state index in [2.05, 4.69) is 30.2 Å². The van der Waals surface area contributed by atoms with Crippen LogP contribution in [0.4, 0.5) is 4.39 Å². The number of halogens is 1. The van der Waals surface area contributed by atoms with Gasteiger partial charge < -0.3 is 5.32 Å². The summed E-state index contributed by atoms with van der Waals surface area (Å²) in [5, 5.41) is 12.9. The molecule has 0 saturated heterocycles. The van der Waals surface area contributed by atoms with Gasteiger partial charge in [-0.15, -0.1) is 0 Å². The molecular weight excluding hydrogens is 365 g/mol. The Balaban J connectivity index is 1.87. The van der Waals surface area contributed by atoms with E-state index < -0.39 is 11.4 Å². The minimum Gasteiger partial charge on any atom is -0.346 e. The molecule has 0 aliphatic rings. The first-order valence-corrected chi connectivity index (χ1v) is 9.65. The zero-order chi connectivity index (χ0) is 21.0. The van der Waals surface area contributed by atoms with E-state index in [1.54, 1.807) is 24.3 Å². The van der Waals surface area contributed by atoms with Crippen LogP contribution in [-0.4, -0.2) is 16.4 Å². The van der Waals surface area contributed by atoms with Gasteiger partial charge in [-0.25, -0.2) is 4.39 Å². The van der Waals surface area contributed by atoms with Gasteiger partial charge in [0, 0.05) is 17.1 Å². The Morgan fingerprint density at radius 1 is 1.24 bits per heavy atom. The second kappa shape index (κ2) is 8.40. The first-order chi connectivity index (χ1) is 13.8. The number of carbonyl (C=O) groups excluding carboxylic acids is 1. The van der Waals surface area contributed by atoms with Crippen LogP contribution >= 0.6 is 0 Å². The zero-order valence-electron chi connectivity index (χ0n) is 16.9. The van der Waals surface area contributed by atoms with Gasteiger partial charge in [-0.05, 0) is 55.5 Å². The maximum atomic E-state index is 13.9. The van der Waals surface area contributed by atoms with Gasteiger partial charge in [0.15, 0.2) is 0 Å². The monoisotopic (exact) mass is 389 g/mol. The normalized spacial score (nSPS) is 13.1. The fourth-order valence-electron chi connectivity index (χ4n) is 3.86. The van der Waals surface area contributed by atoms with Gasteiger partial charge in [-0.3, -0.25) is 9.78 Å². The third-order valence-electron chi connectivity index (χ3n) is 4.85. The van der Waals surface area contributed by atoms with Crippen molar-refractivity contribution in [2.45, 2.75) is 39.2 Å². The Kier molecular flexibility index (Phi) is 5.93. The van der Waals surface area contributed by atoms with Crippen molar-refractivity contribution in [2.24, 2.45) is 5.92 Å². The van der Waals surface area contributed by atoms with Crippen molar-refractivity contribution in [3.8, 4) is 6.07 Å². The number of amides is 1. The van der Waals surface area contributed by atoms with Gasteiger partial charge in [0.2, 0.25) is 0 Å². The molecule has 148 valence electrons. The summed E-state index contributed by atoms with van der Waals surface area (Å²) >= 11 is 0. The molecule has 0 aliphatic heterocycles. The average Bonchev–Trinajstić information content (AvgIpc) is 2.67. The van der Waals surface area contributed by atoms with E-state index in [1.165, 1.54) is 12.3 Å². The van der Waals surface area contributed by atoms with Crippen molar-refractivity contribution in [1.82, 2.24) is 10.3 Å². The molecule has 2 aromatic carbocycles. The smallest absolute Gasteiger partial charge is 0.253 e. The number of hydrogen-bond donors (Lipinski definition) is 1. The third kappa shape index (κ3) is 4.97. The number of benzene rings is 2. The number of nitriles is 1. The van der Waals surface area contributed by atoms with Crippen molar-refractivity contribution in [3.63, 3.8) is 0 Å². The molecule has 0 aliphatic carbocycles. The summed E-state index contributed by atoms with van der Waals surface area (Å²) in [6.45, 7) is 6.23. The van der Waals surface area contributed by atoms with Crippen LogP contribution in [0, 0.1) is 23.1 Å². The average molecular weight is 389 g/mol. The summed E-state index contributed by atoms with van der Waals surface area (Å²) in [5.74, 6) is -0.289. The molecule has 1 unspecified atom stereocenters. The highest BCUT2D eigenvalue weighted by atomic mass is 19.1. The molecule has 1 N–H and O–H groups in total. The number of pyridine rings is 1. The highest BCUT2D eigenvalue weighted by molar-refractivity contribution is 5.97. The van der Waals surface area contributed by atoms with Crippen LogP contribution < -0.4 is 5.32 Å². The highest BCUT2D eigenvalue weighted by Crippen LogP contribution is 2.24. The Bertz CT molecular complexity index is 1090. The summed E-state index contributed by atoms with van der Waals surface area (Å²) in [4.78, 5) is 17.1. The number of fused-ring (bicyclic) bond motifs is 1. The van der Waals surface area contributed by atoms with E-state index in [0.29, 0.717) is 28.9 Å². The van der Waals surface area contributed by atoms with Crippen LogP contribution in [0.25, 0.3) is 10.9 Å². The number of aromatic nitrogens is 1. The van der Waals surface area contributed by atoms with Crippen LogP contribution in [0.5, 0.6) is 0 Å². The lowest BCUT2D eigenvalue weighted by atomic mass is 9.84. The fourth-order valence-corrected chi connectivity index (χ4v) is 3.86. The summed E-state index contributed by atoms with van der Waals surface area (Å²) < 4.78 is 13.9. The van der Waals surface area contributed by atoms with Gasteiger partial charge in [-0.2, -0.15) is 5.26 Å². The molecule has 0 bridgehead atoms. The Morgan fingerprint density at radius 3 is 2.72 bits per heavy atom. The molecular formula is C24H24FN3O. The Labute approximate surface area is 170 Å². The third-order valence-corrected chi connectivity index (χ3v) is 4.85. The molecule has 0 fully saturated rings. The fraction of sp³-hybridized carbons (Fsp3) is 0.292. The minimum absolute atomic E-state index is 0.247. The largest absolute Gasteiger partial charge is 0.346 e. The number of hydrogen-bond acceptors (Lipinski definition) is 3. The first kappa shape index (κ1) is 20.5. The second-order valence-electron chi connectivity index (χ2n) is 8.14. The molecule has 3 rings (SSSR count). The van der Waals surface area contributed by atoms with E-state index in [9.17, 15) is 9.18 Å². The van der Waals surface area contributed by atoms with Crippen LogP contribution in [0.2, 0.25) is 0 Å². The van der Waals surface area contributed by atoms with E-state index in [1.807, 2.05) is 25.1 Å². The summed E-state index contributed by atoms with van der Waals surface area (Å²) in [6, 6.07) is 15.9. The molecule has 0 radical (unpaired) electrons. The predicted octanol–water partition coefficient (Wildman–Crippen LogP) is 5.02. The molecule has 1 aromatic heterocycles. The summed E-state index contributed by atoms with van der Waals surface area (Å²) in [5.41, 5.74) is 1.73. The quantitative estimate of drug-likeness (QED) is 0.643. The van der Waals surface area contributed by atoms with Crippen molar-refractivity contribution in [1.29, 1.82) is 5.26 Å². The lowest BCUT2D eigenvalue weighted by Gasteiger charge is -2.33. The lowest BCUT2D eigenvalue weighted by Crippen LogP contribution is -2.48. The van der Waals surface area contributed by atoms with E-state index in [-0.39, 0.29) is 11.4 Å². The van der Waals surface area contributed by atoms with E-state index in [4.69, 9.17) is 5.26 Å². The molecule has 0 saturated carbocycles. The maximum Gasteiger partial charge on any atom is 0.253 e. The summed E-state index contributed by atoms with van der Waals surface area (Å²) in [7, 11) is 0. The first-order valence-electron chi connectivity index (χ1n) is 9.65. The molecule has 3 aromatic rings. The SMILES string of the molecule is CC(C)CC(C)(Cc1cccc(C#N)c1)NC(=O)c1cnc2c(F)cccc2c1. The van der Waals surface area contributed by atoms with E-state index >= 15 is 0 Å². The number of nitrogens with one attached hydrogen (secondary N) is 1. The Hall–Kier alpha value is -3.26. The van der Waals surface area contributed by atoms with Gasteiger partial charge in [0.05, 0.1) is 17.2 Å². The van der Waals surface area contributed by atoms with Gasteiger partial charge in [0.1, 0.15) is 11.3 Å². The van der Waals surface area contributed by atoms with Crippen molar-refractivity contribution < 1.29 is 9.18 Å². The molecule has 0 spiro atoms. The predicted molar refractivity (Wildman–Crippen MR) is 112 cm³/mol. The molecule has 4 nitrogen and oxygen atoms in total. The van der Waals surface area contributed by atoms with E-state index in [0.717, 1.165) is 12.0 Å². The van der Waals surface area contributed by atoms with Gasteiger partial charge in [0.25, 0.3) is 5.91 Å². The molecule has 29 heavy (non-hydrogen) atoms. The lowest BCUT2D eigenvalue weighted by molar-refractivity contribution is 0.0894. The number of nitrogens with zero attached hydrogens (tertiary/aromatic N) is 2. The minimum atomic E-state index is -0.504. The molecule has 1 atom stereocenters. The van der Waals surface area contributed by atoms with Crippen LogP contribution in [0.15, 0.2) is 54.7 Å².